The minimum Gasteiger partial charge on any atom is -0.497 e. The Morgan fingerprint density at radius 3 is 2.29 bits per heavy atom. The van der Waals surface area contributed by atoms with Gasteiger partial charge < -0.3 is 10.1 Å². The van der Waals surface area contributed by atoms with Gasteiger partial charge in [0.15, 0.2) is 0 Å². The number of amides is 1. The topological polar surface area (TPSA) is 64.1 Å². The van der Waals surface area contributed by atoms with Crippen LogP contribution in [-0.2, 0) is 4.79 Å². The third-order valence-electron chi connectivity index (χ3n) is 4.63. The Hall–Kier alpha value is -3.64. The predicted octanol–water partition coefficient (Wildman–Crippen LogP) is 5.55. The number of ether oxygens (including phenoxy) is 1. The highest BCUT2D eigenvalue weighted by Crippen LogP contribution is 2.24. The number of rotatable bonds is 7. The van der Waals surface area contributed by atoms with Gasteiger partial charge in [0.25, 0.3) is 0 Å². The zero-order chi connectivity index (χ0) is 21.5. The SMILES string of the molecule is COc1cccc(NC(=O)CSc2ccc(-c3ccc(-c4ccccc4)cc3)nn2)c1. The molecule has 1 heterocycles. The average Bonchev–Trinajstić information content (AvgIpc) is 2.84. The van der Waals surface area contributed by atoms with E-state index in [-0.39, 0.29) is 11.7 Å². The zero-order valence-electron chi connectivity index (χ0n) is 17.0. The molecule has 0 unspecified atom stereocenters. The van der Waals surface area contributed by atoms with Gasteiger partial charge in [0, 0.05) is 17.3 Å². The summed E-state index contributed by atoms with van der Waals surface area (Å²) in [5.41, 5.74) is 4.83. The first-order chi connectivity index (χ1) is 15.2. The zero-order valence-corrected chi connectivity index (χ0v) is 17.8. The molecule has 0 radical (unpaired) electrons. The first-order valence-corrected chi connectivity index (χ1v) is 10.8. The van der Waals surface area contributed by atoms with E-state index < -0.39 is 0 Å². The number of aromatic nitrogens is 2. The molecular weight excluding hydrogens is 406 g/mol. The summed E-state index contributed by atoms with van der Waals surface area (Å²) in [7, 11) is 1.59. The number of nitrogens with zero attached hydrogens (tertiary/aromatic N) is 2. The molecule has 5 nitrogen and oxygen atoms in total. The molecule has 0 fully saturated rings. The molecule has 0 aliphatic rings. The van der Waals surface area contributed by atoms with E-state index in [1.54, 1.807) is 13.2 Å². The summed E-state index contributed by atoms with van der Waals surface area (Å²) in [5, 5.41) is 12.1. The summed E-state index contributed by atoms with van der Waals surface area (Å²) in [4.78, 5) is 12.2. The third-order valence-corrected chi connectivity index (χ3v) is 5.55. The maximum absolute atomic E-state index is 12.2. The quantitative estimate of drug-likeness (QED) is 0.392. The van der Waals surface area contributed by atoms with Gasteiger partial charge in [-0.05, 0) is 35.4 Å². The lowest BCUT2D eigenvalue weighted by atomic mass is 10.0. The van der Waals surface area contributed by atoms with Gasteiger partial charge in [-0.25, -0.2) is 0 Å². The normalized spacial score (nSPS) is 10.5. The van der Waals surface area contributed by atoms with Crippen LogP contribution in [0.4, 0.5) is 5.69 Å². The van der Waals surface area contributed by atoms with Crippen LogP contribution in [0.3, 0.4) is 0 Å². The van der Waals surface area contributed by atoms with Gasteiger partial charge in [0.05, 0.1) is 18.6 Å². The highest BCUT2D eigenvalue weighted by atomic mass is 32.2. The number of methoxy groups -OCH3 is 1. The Labute approximate surface area is 185 Å². The van der Waals surface area contributed by atoms with Gasteiger partial charge >= 0.3 is 0 Å². The molecule has 0 aliphatic carbocycles. The highest BCUT2D eigenvalue weighted by Gasteiger charge is 2.07. The lowest BCUT2D eigenvalue weighted by Gasteiger charge is -2.07. The second kappa shape index (κ2) is 9.91. The number of carbonyl (C=O) groups excluding carboxylic acids is 1. The average molecular weight is 428 g/mol. The van der Waals surface area contributed by atoms with Crippen LogP contribution >= 0.6 is 11.8 Å². The molecule has 6 heteroatoms. The van der Waals surface area contributed by atoms with E-state index in [0.29, 0.717) is 16.5 Å². The van der Waals surface area contributed by atoms with Gasteiger partial charge in [-0.1, -0.05) is 72.4 Å². The van der Waals surface area contributed by atoms with Crippen molar-refractivity contribution in [3.8, 4) is 28.1 Å². The van der Waals surface area contributed by atoms with E-state index in [1.165, 1.54) is 17.3 Å². The molecule has 154 valence electrons. The van der Waals surface area contributed by atoms with Crippen molar-refractivity contribution in [1.82, 2.24) is 10.2 Å². The van der Waals surface area contributed by atoms with Crippen molar-refractivity contribution in [3.63, 3.8) is 0 Å². The van der Waals surface area contributed by atoms with Crippen molar-refractivity contribution in [2.24, 2.45) is 0 Å². The van der Waals surface area contributed by atoms with E-state index in [1.807, 2.05) is 60.7 Å². The number of benzene rings is 3. The van der Waals surface area contributed by atoms with Gasteiger partial charge in [0.1, 0.15) is 10.8 Å². The molecule has 1 N–H and O–H groups in total. The van der Waals surface area contributed by atoms with Crippen molar-refractivity contribution in [2.75, 3.05) is 18.2 Å². The number of thioether (sulfide) groups is 1. The van der Waals surface area contributed by atoms with Gasteiger partial charge in [-0.15, -0.1) is 10.2 Å². The van der Waals surface area contributed by atoms with Crippen molar-refractivity contribution >= 4 is 23.4 Å². The Kier molecular flexibility index (Phi) is 6.59. The van der Waals surface area contributed by atoms with Crippen LogP contribution in [-0.4, -0.2) is 29.0 Å². The first kappa shape index (κ1) is 20.6. The number of anilines is 1. The Bertz CT molecular complexity index is 1150. The van der Waals surface area contributed by atoms with Crippen LogP contribution in [0.25, 0.3) is 22.4 Å². The van der Waals surface area contributed by atoms with Gasteiger partial charge in [0.2, 0.25) is 5.91 Å². The van der Waals surface area contributed by atoms with Crippen molar-refractivity contribution in [1.29, 1.82) is 0 Å². The van der Waals surface area contributed by atoms with Crippen molar-refractivity contribution < 1.29 is 9.53 Å². The van der Waals surface area contributed by atoms with Crippen LogP contribution in [0.2, 0.25) is 0 Å². The lowest BCUT2D eigenvalue weighted by molar-refractivity contribution is -0.113. The molecule has 3 aromatic carbocycles. The first-order valence-electron chi connectivity index (χ1n) is 9.77. The Morgan fingerprint density at radius 2 is 1.58 bits per heavy atom. The second-order valence-electron chi connectivity index (χ2n) is 6.77. The fourth-order valence-corrected chi connectivity index (χ4v) is 3.67. The molecule has 0 saturated heterocycles. The summed E-state index contributed by atoms with van der Waals surface area (Å²) in [6, 6.07) is 29.6. The third kappa shape index (κ3) is 5.49. The molecule has 0 saturated carbocycles. The van der Waals surface area contributed by atoms with E-state index in [0.717, 1.165) is 16.8 Å². The van der Waals surface area contributed by atoms with Crippen LogP contribution < -0.4 is 10.1 Å². The molecule has 4 aromatic rings. The number of nitrogens with one attached hydrogen (secondary N) is 1. The summed E-state index contributed by atoms with van der Waals surface area (Å²) < 4.78 is 5.17. The molecule has 0 spiro atoms. The summed E-state index contributed by atoms with van der Waals surface area (Å²) in [6.07, 6.45) is 0. The van der Waals surface area contributed by atoms with E-state index in [2.05, 4.69) is 39.8 Å². The smallest absolute Gasteiger partial charge is 0.234 e. The monoisotopic (exact) mass is 427 g/mol. The van der Waals surface area contributed by atoms with Gasteiger partial charge in [-0.2, -0.15) is 0 Å². The highest BCUT2D eigenvalue weighted by molar-refractivity contribution is 7.99. The minimum atomic E-state index is -0.111. The Balaban J connectivity index is 1.34. The van der Waals surface area contributed by atoms with Crippen LogP contribution in [0, 0.1) is 0 Å². The largest absolute Gasteiger partial charge is 0.497 e. The minimum absolute atomic E-state index is 0.111. The molecule has 0 aliphatic heterocycles. The second-order valence-corrected chi connectivity index (χ2v) is 7.76. The lowest BCUT2D eigenvalue weighted by Crippen LogP contribution is -2.14. The van der Waals surface area contributed by atoms with Crippen LogP contribution in [0.15, 0.2) is 96.0 Å². The maximum atomic E-state index is 12.2. The molecule has 0 bridgehead atoms. The summed E-state index contributed by atoms with van der Waals surface area (Å²) in [6.45, 7) is 0. The van der Waals surface area contributed by atoms with Gasteiger partial charge in [-0.3, -0.25) is 4.79 Å². The Morgan fingerprint density at radius 1 is 0.839 bits per heavy atom. The molecule has 0 atom stereocenters. The van der Waals surface area contributed by atoms with Crippen LogP contribution in [0.5, 0.6) is 5.75 Å². The molecular formula is C25H21N3O2S. The molecule has 1 aromatic heterocycles. The molecule has 1 amide bonds. The maximum Gasteiger partial charge on any atom is 0.234 e. The van der Waals surface area contributed by atoms with E-state index in [4.69, 9.17) is 4.74 Å². The fourth-order valence-electron chi connectivity index (χ4n) is 3.05. The standard InChI is InChI=1S/C25H21N3O2S/c1-30-22-9-5-8-21(16-22)26-24(29)17-31-25-15-14-23(27-28-25)20-12-10-19(11-13-20)18-6-3-2-4-7-18/h2-16H,17H2,1H3,(H,26,29). The van der Waals surface area contributed by atoms with Crippen molar-refractivity contribution in [3.05, 3.63) is 91.0 Å². The predicted molar refractivity (Wildman–Crippen MR) is 125 cm³/mol. The van der Waals surface area contributed by atoms with E-state index >= 15 is 0 Å². The van der Waals surface area contributed by atoms with Crippen LogP contribution in [0.1, 0.15) is 0 Å². The summed E-state index contributed by atoms with van der Waals surface area (Å²) in [5.74, 6) is 0.834. The number of carbonyl (C=O) groups is 1. The number of hydrogen-bond donors (Lipinski definition) is 1. The fraction of sp³-hybridized carbons (Fsp3) is 0.0800. The molecule has 4 rings (SSSR count). The summed E-state index contributed by atoms with van der Waals surface area (Å²) >= 11 is 1.34. The van der Waals surface area contributed by atoms with E-state index in [9.17, 15) is 4.79 Å². The van der Waals surface area contributed by atoms with Crippen molar-refractivity contribution in [2.45, 2.75) is 5.03 Å². The molecule has 31 heavy (non-hydrogen) atoms. The number of hydrogen-bond acceptors (Lipinski definition) is 5.